The van der Waals surface area contributed by atoms with Crippen molar-refractivity contribution in [2.24, 2.45) is 0 Å². The van der Waals surface area contributed by atoms with Gasteiger partial charge in [0.25, 0.3) is 0 Å². The molecule has 2 rings (SSSR count). The quantitative estimate of drug-likeness (QED) is 0.617. The van der Waals surface area contributed by atoms with Crippen LogP contribution in [0.1, 0.15) is 26.3 Å². The average molecular weight is 283 g/mol. The van der Waals surface area contributed by atoms with Gasteiger partial charge >= 0.3 is 7.60 Å². The van der Waals surface area contributed by atoms with Crippen molar-refractivity contribution in [3.05, 3.63) is 35.9 Å². The van der Waals surface area contributed by atoms with Gasteiger partial charge in [0, 0.05) is 5.54 Å². The minimum absolute atomic E-state index is 0.207. The highest BCUT2D eigenvalue weighted by atomic mass is 31.2. The van der Waals surface area contributed by atoms with Crippen LogP contribution >= 0.6 is 7.60 Å². The topological polar surface area (TPSA) is 57.5 Å². The third-order valence-corrected chi connectivity index (χ3v) is 5.90. The molecule has 1 aromatic carbocycles. The van der Waals surface area contributed by atoms with Crippen molar-refractivity contribution in [1.82, 2.24) is 5.32 Å². The molecule has 1 N–H and O–H groups in total. The van der Waals surface area contributed by atoms with E-state index in [2.05, 4.69) is 24.4 Å². The molecule has 2 atom stereocenters. The molecular formula is C14H22NO3P. The number of benzene rings is 1. The highest BCUT2D eigenvalue weighted by molar-refractivity contribution is 7.55. The van der Waals surface area contributed by atoms with E-state index in [0.717, 1.165) is 6.42 Å². The Bertz CT molecular complexity index is 455. The van der Waals surface area contributed by atoms with E-state index in [9.17, 15) is 4.57 Å². The molecule has 1 heterocycles. The normalized spacial score (nSPS) is 26.4. The summed E-state index contributed by atoms with van der Waals surface area (Å²) in [5.74, 6) is -0.208. The van der Waals surface area contributed by atoms with Gasteiger partial charge in [0.05, 0.1) is 13.2 Å². The molecule has 1 aliphatic rings. The van der Waals surface area contributed by atoms with Gasteiger partial charge in [-0.3, -0.25) is 9.88 Å². The first-order valence-corrected chi connectivity index (χ1v) is 8.35. The molecule has 4 nitrogen and oxygen atoms in total. The van der Waals surface area contributed by atoms with E-state index in [4.69, 9.17) is 9.05 Å². The lowest BCUT2D eigenvalue weighted by atomic mass is 10.0. The molecule has 0 unspecified atom stereocenters. The van der Waals surface area contributed by atoms with Gasteiger partial charge in [-0.15, -0.1) is 0 Å². The van der Waals surface area contributed by atoms with E-state index in [0.29, 0.717) is 13.2 Å². The Kier molecular flexibility index (Phi) is 4.46. The van der Waals surface area contributed by atoms with Gasteiger partial charge < -0.3 is 9.05 Å². The number of hydrogen-bond donors (Lipinski definition) is 1. The van der Waals surface area contributed by atoms with Crippen molar-refractivity contribution >= 4 is 7.60 Å². The molecule has 1 saturated heterocycles. The molecule has 0 saturated carbocycles. The first-order valence-electron chi connectivity index (χ1n) is 6.74. The Hall–Kier alpha value is -0.670. The fourth-order valence-corrected chi connectivity index (χ4v) is 4.75. The summed E-state index contributed by atoms with van der Waals surface area (Å²) in [5.41, 5.74) is 1.01. The molecule has 0 amide bonds. The highest BCUT2D eigenvalue weighted by Crippen LogP contribution is 2.61. The molecular weight excluding hydrogens is 261 g/mol. The Morgan fingerprint density at radius 1 is 1.21 bits per heavy atom. The van der Waals surface area contributed by atoms with Crippen LogP contribution in [0.3, 0.4) is 0 Å². The summed E-state index contributed by atoms with van der Waals surface area (Å²) in [6, 6.07) is 10.2. The average Bonchev–Trinajstić information content (AvgIpc) is 3.04. The van der Waals surface area contributed by atoms with Crippen LogP contribution in [0, 0.1) is 0 Å². The molecule has 0 spiro atoms. The molecule has 1 aromatic rings. The Labute approximate surface area is 115 Å². The predicted molar refractivity (Wildman–Crippen MR) is 76.3 cm³/mol. The van der Waals surface area contributed by atoms with Crippen molar-refractivity contribution in [2.75, 3.05) is 13.2 Å². The van der Waals surface area contributed by atoms with Crippen molar-refractivity contribution in [2.45, 2.75) is 38.5 Å². The molecule has 1 fully saturated rings. The second kappa shape index (κ2) is 5.76. The van der Waals surface area contributed by atoms with Crippen LogP contribution < -0.4 is 5.32 Å². The van der Waals surface area contributed by atoms with Crippen LogP contribution in [0.25, 0.3) is 0 Å². The van der Waals surface area contributed by atoms with Gasteiger partial charge in [0.2, 0.25) is 0 Å². The molecule has 19 heavy (non-hydrogen) atoms. The fourth-order valence-electron chi connectivity index (χ4n) is 2.41. The van der Waals surface area contributed by atoms with Crippen LogP contribution in [-0.4, -0.2) is 24.5 Å². The zero-order valence-corrected chi connectivity index (χ0v) is 12.7. The van der Waals surface area contributed by atoms with Crippen LogP contribution in [0.4, 0.5) is 0 Å². The number of nitrogens with one attached hydrogen (secondary N) is 1. The van der Waals surface area contributed by atoms with Gasteiger partial charge in [-0.2, -0.15) is 0 Å². The van der Waals surface area contributed by atoms with E-state index in [1.807, 2.05) is 32.0 Å². The third kappa shape index (κ3) is 3.26. The molecule has 106 valence electrons. The Morgan fingerprint density at radius 2 is 1.79 bits per heavy atom. The minimum Gasteiger partial charge on any atom is -0.308 e. The third-order valence-electron chi connectivity index (χ3n) is 3.34. The van der Waals surface area contributed by atoms with Crippen LogP contribution in [0.15, 0.2) is 30.3 Å². The summed E-state index contributed by atoms with van der Waals surface area (Å²) >= 11 is 0. The molecule has 0 aliphatic carbocycles. The predicted octanol–water partition coefficient (Wildman–Crippen LogP) is 3.18. The van der Waals surface area contributed by atoms with Crippen molar-refractivity contribution in [3.63, 3.8) is 0 Å². The first kappa shape index (κ1) is 14.7. The SMILES string of the molecule is CCOP(=O)(OCC)[C@@H]1N[C@@]1(C)Cc1ccccc1. The largest absolute Gasteiger partial charge is 0.349 e. The van der Waals surface area contributed by atoms with Gasteiger partial charge in [-0.1, -0.05) is 30.3 Å². The highest BCUT2D eigenvalue weighted by Gasteiger charge is 2.61. The lowest BCUT2D eigenvalue weighted by molar-refractivity contribution is 0.217. The molecule has 0 bridgehead atoms. The monoisotopic (exact) mass is 283 g/mol. The summed E-state index contributed by atoms with van der Waals surface area (Å²) in [7, 11) is -3.05. The van der Waals surface area contributed by atoms with Gasteiger partial charge in [-0.25, -0.2) is 0 Å². The maximum Gasteiger partial charge on any atom is 0.349 e. The van der Waals surface area contributed by atoms with E-state index < -0.39 is 7.60 Å². The smallest absolute Gasteiger partial charge is 0.308 e. The molecule has 0 radical (unpaired) electrons. The van der Waals surface area contributed by atoms with Crippen molar-refractivity contribution in [3.8, 4) is 0 Å². The Morgan fingerprint density at radius 3 is 2.32 bits per heavy atom. The maximum atomic E-state index is 12.7. The first-order chi connectivity index (χ1) is 9.04. The molecule has 0 aromatic heterocycles. The summed E-state index contributed by atoms with van der Waals surface area (Å²) in [6.07, 6.45) is 0.822. The minimum atomic E-state index is -3.05. The number of hydrogen-bond acceptors (Lipinski definition) is 4. The second-order valence-corrected chi connectivity index (χ2v) is 7.11. The van der Waals surface area contributed by atoms with E-state index in [1.165, 1.54) is 5.56 Å². The van der Waals surface area contributed by atoms with E-state index in [1.54, 1.807) is 0 Å². The number of rotatable bonds is 7. The van der Waals surface area contributed by atoms with E-state index >= 15 is 0 Å². The van der Waals surface area contributed by atoms with Crippen molar-refractivity contribution in [1.29, 1.82) is 0 Å². The van der Waals surface area contributed by atoms with E-state index in [-0.39, 0.29) is 11.3 Å². The maximum absolute atomic E-state index is 12.7. The lowest BCUT2D eigenvalue weighted by Crippen LogP contribution is -2.17. The standard InChI is InChI=1S/C14H22NO3P/c1-4-17-19(16,18-5-2)13-14(3,15-13)11-12-9-7-6-8-10-12/h6-10,13,15H,4-5,11H2,1-3H3/t13-,14-/m0/s1. The van der Waals surface area contributed by atoms with Crippen LogP contribution in [-0.2, 0) is 20.0 Å². The summed E-state index contributed by atoms with van der Waals surface area (Å²) in [6.45, 7) is 6.54. The van der Waals surface area contributed by atoms with Gasteiger partial charge in [0.15, 0.2) is 0 Å². The van der Waals surface area contributed by atoms with Crippen LogP contribution in [0.2, 0.25) is 0 Å². The fraction of sp³-hybridized carbons (Fsp3) is 0.571. The second-order valence-electron chi connectivity index (χ2n) is 5.00. The summed E-state index contributed by atoms with van der Waals surface area (Å²) in [4.78, 5) is 0. The van der Waals surface area contributed by atoms with Crippen molar-refractivity contribution < 1.29 is 13.6 Å². The molecule has 1 aliphatic heterocycles. The Balaban J connectivity index is 2.06. The van der Waals surface area contributed by atoms with Crippen LogP contribution in [0.5, 0.6) is 0 Å². The van der Waals surface area contributed by atoms with Gasteiger partial charge in [-0.05, 0) is 32.8 Å². The lowest BCUT2D eigenvalue weighted by Gasteiger charge is -2.18. The summed E-state index contributed by atoms with van der Waals surface area (Å²) < 4.78 is 23.5. The zero-order chi connectivity index (χ0) is 13.9. The van der Waals surface area contributed by atoms with Gasteiger partial charge in [0.1, 0.15) is 5.78 Å². The zero-order valence-electron chi connectivity index (χ0n) is 11.8. The summed E-state index contributed by atoms with van der Waals surface area (Å²) in [5, 5.41) is 3.29. The molecule has 5 heteroatoms.